The molecule has 0 saturated heterocycles. The maximum atomic E-state index is 10.8. The maximum absolute atomic E-state index is 10.8. The van der Waals surface area contributed by atoms with Crippen LogP contribution in [0.4, 0.5) is 5.69 Å². The summed E-state index contributed by atoms with van der Waals surface area (Å²) in [7, 11) is 0. The van der Waals surface area contributed by atoms with Gasteiger partial charge in [0, 0.05) is 29.7 Å². The predicted molar refractivity (Wildman–Crippen MR) is 71.0 cm³/mol. The summed E-state index contributed by atoms with van der Waals surface area (Å²) in [5.74, 6) is 1.15. The molecule has 0 aliphatic heterocycles. The van der Waals surface area contributed by atoms with E-state index in [-0.39, 0.29) is 17.6 Å². The summed E-state index contributed by atoms with van der Waals surface area (Å²) in [5.41, 5.74) is 6.46. The summed E-state index contributed by atoms with van der Waals surface area (Å²) >= 11 is 0. The largest absolute Gasteiger partial charge is 0.339 e. The van der Waals surface area contributed by atoms with E-state index in [2.05, 4.69) is 10.1 Å². The third kappa shape index (κ3) is 2.39. The minimum atomic E-state index is -0.444. The lowest BCUT2D eigenvalue weighted by atomic mass is 10.1. The van der Waals surface area contributed by atoms with Crippen molar-refractivity contribution in [3.05, 3.63) is 40.3 Å². The molecule has 1 aromatic heterocycles. The molecule has 1 fully saturated rings. The lowest BCUT2D eigenvalue weighted by molar-refractivity contribution is -0.384. The lowest BCUT2D eigenvalue weighted by Crippen LogP contribution is -2.14. The van der Waals surface area contributed by atoms with Crippen LogP contribution in [0.5, 0.6) is 0 Å². The third-order valence-electron chi connectivity index (χ3n) is 3.58. The molecule has 7 heteroatoms. The van der Waals surface area contributed by atoms with Crippen molar-refractivity contribution in [2.75, 3.05) is 0 Å². The van der Waals surface area contributed by atoms with Crippen molar-refractivity contribution >= 4 is 5.69 Å². The minimum Gasteiger partial charge on any atom is -0.339 e. The van der Waals surface area contributed by atoms with Crippen LogP contribution < -0.4 is 5.73 Å². The van der Waals surface area contributed by atoms with Crippen LogP contribution >= 0.6 is 0 Å². The Morgan fingerprint density at radius 1 is 1.40 bits per heavy atom. The molecule has 1 aliphatic carbocycles. The molecule has 2 N–H and O–H groups in total. The van der Waals surface area contributed by atoms with Crippen LogP contribution in [0.25, 0.3) is 11.4 Å². The Balaban J connectivity index is 1.86. The van der Waals surface area contributed by atoms with Crippen LogP contribution in [-0.4, -0.2) is 21.1 Å². The molecule has 0 spiro atoms. The molecule has 0 radical (unpaired) electrons. The van der Waals surface area contributed by atoms with E-state index >= 15 is 0 Å². The first-order valence-electron chi connectivity index (χ1n) is 6.47. The van der Waals surface area contributed by atoms with Gasteiger partial charge in [0.25, 0.3) is 5.69 Å². The average Bonchev–Trinajstić information content (AvgIpc) is 3.07. The van der Waals surface area contributed by atoms with Gasteiger partial charge in [-0.1, -0.05) is 17.3 Å². The molecule has 2 unspecified atom stereocenters. The molecule has 1 saturated carbocycles. The van der Waals surface area contributed by atoms with Crippen LogP contribution in [0.1, 0.15) is 31.1 Å². The van der Waals surface area contributed by atoms with Crippen LogP contribution in [0, 0.1) is 10.1 Å². The Bertz CT molecular complexity index is 640. The minimum absolute atomic E-state index is 0.0109. The van der Waals surface area contributed by atoms with Crippen LogP contribution in [-0.2, 0) is 0 Å². The number of benzene rings is 1. The first-order valence-corrected chi connectivity index (χ1v) is 6.47. The Hall–Kier alpha value is -2.28. The Morgan fingerprint density at radius 2 is 2.25 bits per heavy atom. The second-order valence-electron chi connectivity index (χ2n) is 5.03. The normalized spacial score (nSPS) is 22.1. The van der Waals surface area contributed by atoms with E-state index in [1.54, 1.807) is 12.1 Å². The highest BCUT2D eigenvalue weighted by Gasteiger charge is 2.28. The van der Waals surface area contributed by atoms with Crippen LogP contribution in [0.3, 0.4) is 0 Å². The van der Waals surface area contributed by atoms with Gasteiger partial charge in [-0.2, -0.15) is 4.98 Å². The maximum Gasteiger partial charge on any atom is 0.270 e. The Morgan fingerprint density at radius 3 is 2.95 bits per heavy atom. The van der Waals surface area contributed by atoms with Crippen molar-refractivity contribution in [1.82, 2.24) is 10.1 Å². The number of nitrogens with zero attached hydrogens (tertiary/aromatic N) is 3. The van der Waals surface area contributed by atoms with E-state index in [1.165, 1.54) is 12.1 Å². The van der Waals surface area contributed by atoms with Crippen LogP contribution in [0.2, 0.25) is 0 Å². The molecule has 1 aromatic carbocycles. The summed E-state index contributed by atoms with van der Waals surface area (Å²) in [6.45, 7) is 0. The molecule has 3 rings (SSSR count). The summed E-state index contributed by atoms with van der Waals surface area (Å²) < 4.78 is 5.27. The number of nitro groups is 1. The number of hydrogen-bond acceptors (Lipinski definition) is 6. The number of rotatable bonds is 3. The van der Waals surface area contributed by atoms with E-state index < -0.39 is 4.92 Å². The van der Waals surface area contributed by atoms with Gasteiger partial charge < -0.3 is 10.3 Å². The fourth-order valence-electron chi connectivity index (χ4n) is 2.52. The van der Waals surface area contributed by atoms with Crippen molar-refractivity contribution in [3.63, 3.8) is 0 Å². The van der Waals surface area contributed by atoms with Gasteiger partial charge in [-0.05, 0) is 19.3 Å². The molecule has 0 amide bonds. The van der Waals surface area contributed by atoms with Crippen molar-refractivity contribution < 1.29 is 9.45 Å². The molecule has 1 aliphatic rings. The monoisotopic (exact) mass is 274 g/mol. The highest BCUT2D eigenvalue weighted by Crippen LogP contribution is 2.33. The van der Waals surface area contributed by atoms with E-state index in [4.69, 9.17) is 10.3 Å². The third-order valence-corrected chi connectivity index (χ3v) is 3.58. The predicted octanol–water partition coefficient (Wildman–Crippen LogP) is 2.24. The van der Waals surface area contributed by atoms with Gasteiger partial charge in [-0.25, -0.2) is 0 Å². The van der Waals surface area contributed by atoms with Gasteiger partial charge in [0.05, 0.1) is 4.92 Å². The van der Waals surface area contributed by atoms with Crippen LogP contribution in [0.15, 0.2) is 28.8 Å². The van der Waals surface area contributed by atoms with Gasteiger partial charge >= 0.3 is 0 Å². The number of non-ortho nitro benzene ring substituents is 1. The molecule has 2 atom stereocenters. The number of hydrogen-bond donors (Lipinski definition) is 1. The molecule has 104 valence electrons. The van der Waals surface area contributed by atoms with Crippen molar-refractivity contribution in [2.24, 2.45) is 5.73 Å². The second-order valence-corrected chi connectivity index (χ2v) is 5.03. The van der Waals surface area contributed by atoms with Crippen molar-refractivity contribution in [3.8, 4) is 11.4 Å². The van der Waals surface area contributed by atoms with Gasteiger partial charge in [-0.15, -0.1) is 0 Å². The fraction of sp³-hybridized carbons (Fsp3) is 0.385. The van der Waals surface area contributed by atoms with E-state index in [0.717, 1.165) is 19.3 Å². The molecule has 7 nitrogen and oxygen atoms in total. The molecule has 2 aromatic rings. The zero-order valence-electron chi connectivity index (χ0n) is 10.7. The summed E-state index contributed by atoms with van der Waals surface area (Å²) in [6, 6.07) is 6.39. The topological polar surface area (TPSA) is 108 Å². The van der Waals surface area contributed by atoms with E-state index in [9.17, 15) is 10.1 Å². The first-order chi connectivity index (χ1) is 9.63. The standard InChI is InChI=1S/C13H14N4O3/c14-10-5-4-9(6-10)13-15-12(16-20-13)8-2-1-3-11(7-8)17(18)19/h1-3,7,9-10H,4-6,14H2. The zero-order valence-corrected chi connectivity index (χ0v) is 10.7. The highest BCUT2D eigenvalue weighted by molar-refractivity contribution is 5.58. The summed E-state index contributed by atoms with van der Waals surface area (Å²) in [4.78, 5) is 14.7. The fourth-order valence-corrected chi connectivity index (χ4v) is 2.52. The van der Waals surface area contributed by atoms with Gasteiger partial charge in [-0.3, -0.25) is 10.1 Å². The van der Waals surface area contributed by atoms with Gasteiger partial charge in [0.1, 0.15) is 0 Å². The Labute approximate surface area is 114 Å². The molecule has 20 heavy (non-hydrogen) atoms. The molecule has 0 bridgehead atoms. The van der Waals surface area contributed by atoms with Crippen molar-refractivity contribution in [1.29, 1.82) is 0 Å². The molecular weight excluding hydrogens is 260 g/mol. The van der Waals surface area contributed by atoms with E-state index in [0.29, 0.717) is 17.3 Å². The summed E-state index contributed by atoms with van der Waals surface area (Å²) in [5, 5.41) is 14.7. The molecular formula is C13H14N4O3. The zero-order chi connectivity index (χ0) is 14.1. The summed E-state index contributed by atoms with van der Waals surface area (Å²) in [6.07, 6.45) is 2.74. The first kappa shape index (κ1) is 12.7. The average molecular weight is 274 g/mol. The smallest absolute Gasteiger partial charge is 0.270 e. The SMILES string of the molecule is NC1CCC(c2nc(-c3cccc([N+](=O)[O-])c3)no2)C1. The number of nitrogens with two attached hydrogens (primary N) is 1. The van der Waals surface area contributed by atoms with E-state index in [1.807, 2.05) is 0 Å². The van der Waals surface area contributed by atoms with Gasteiger partial charge in [0.15, 0.2) is 0 Å². The lowest BCUT2D eigenvalue weighted by Gasteiger charge is -2.01. The quantitative estimate of drug-likeness (QED) is 0.679. The Kier molecular flexibility index (Phi) is 3.19. The number of nitro benzene ring substituents is 1. The van der Waals surface area contributed by atoms with Gasteiger partial charge in [0.2, 0.25) is 11.7 Å². The second kappa shape index (κ2) is 5.01. The molecule has 1 heterocycles. The number of aromatic nitrogens is 2. The highest BCUT2D eigenvalue weighted by atomic mass is 16.6. The van der Waals surface area contributed by atoms with Crippen molar-refractivity contribution in [2.45, 2.75) is 31.2 Å².